The summed E-state index contributed by atoms with van der Waals surface area (Å²) in [4.78, 5) is 24.1. The second kappa shape index (κ2) is 8.74. The molecule has 9 nitrogen and oxygen atoms in total. The third kappa shape index (κ3) is 4.75. The lowest BCUT2D eigenvalue weighted by Gasteiger charge is -2.26. The van der Waals surface area contributed by atoms with Gasteiger partial charge in [-0.05, 0) is 32.1 Å². The Balaban J connectivity index is 0.000000647. The molecule has 1 aromatic rings. The summed E-state index contributed by atoms with van der Waals surface area (Å²) in [5.74, 6) is 1.49. The van der Waals surface area contributed by atoms with Gasteiger partial charge in [-0.1, -0.05) is 0 Å². The maximum Gasteiger partial charge on any atom is 0.290 e. The monoisotopic (exact) mass is 339 g/mol. The zero-order chi connectivity index (χ0) is 17.5. The van der Waals surface area contributed by atoms with E-state index in [0.717, 1.165) is 44.5 Å². The smallest absolute Gasteiger partial charge is 0.290 e. The summed E-state index contributed by atoms with van der Waals surface area (Å²) < 4.78 is 7.44. The van der Waals surface area contributed by atoms with E-state index in [9.17, 15) is 4.79 Å². The van der Waals surface area contributed by atoms with Gasteiger partial charge in [-0.3, -0.25) is 9.59 Å². The van der Waals surface area contributed by atoms with E-state index >= 15 is 0 Å². The standard InChI is InChI=1S/C14H23N5O2.CH2O2/c15-10-3-1-9(2-4-10)14-17-13(7-12(16)20)18-19(14)11-5-6-21-8-11;2-1-3/h9-11H,1-8,15H2,(H2,16,20);1H,(H,2,3). The first-order valence-corrected chi connectivity index (χ1v) is 8.20. The summed E-state index contributed by atoms with van der Waals surface area (Å²) in [5, 5.41) is 11.4. The molecule has 0 spiro atoms. The second-order valence-electron chi connectivity index (χ2n) is 6.21. The van der Waals surface area contributed by atoms with Crippen LogP contribution in [0.1, 0.15) is 55.7 Å². The van der Waals surface area contributed by atoms with Gasteiger partial charge in [0.15, 0.2) is 5.82 Å². The lowest BCUT2D eigenvalue weighted by Crippen LogP contribution is -2.27. The molecule has 1 aliphatic heterocycles. The Kier molecular flexibility index (Phi) is 6.68. The van der Waals surface area contributed by atoms with Crippen molar-refractivity contribution in [2.75, 3.05) is 13.2 Å². The molecule has 1 aliphatic carbocycles. The van der Waals surface area contributed by atoms with Crippen molar-refractivity contribution in [1.82, 2.24) is 14.8 Å². The van der Waals surface area contributed by atoms with Crippen LogP contribution in [0.25, 0.3) is 0 Å². The number of aromatic nitrogens is 3. The summed E-state index contributed by atoms with van der Waals surface area (Å²) in [5.41, 5.74) is 11.2. The summed E-state index contributed by atoms with van der Waals surface area (Å²) in [6.45, 7) is 1.17. The average molecular weight is 339 g/mol. The first kappa shape index (κ1) is 18.3. The fourth-order valence-corrected chi connectivity index (χ4v) is 3.25. The minimum atomic E-state index is -0.396. The van der Waals surface area contributed by atoms with Crippen LogP contribution in [-0.2, 0) is 20.7 Å². The van der Waals surface area contributed by atoms with Gasteiger partial charge in [-0.25, -0.2) is 9.67 Å². The van der Waals surface area contributed by atoms with Crippen LogP contribution in [0.3, 0.4) is 0 Å². The molecule has 24 heavy (non-hydrogen) atoms. The molecule has 9 heteroatoms. The van der Waals surface area contributed by atoms with Gasteiger partial charge < -0.3 is 21.3 Å². The first-order valence-electron chi connectivity index (χ1n) is 8.20. The van der Waals surface area contributed by atoms with Crippen molar-refractivity contribution in [3.8, 4) is 0 Å². The number of carbonyl (C=O) groups is 2. The predicted molar refractivity (Wildman–Crippen MR) is 85.3 cm³/mol. The molecule has 1 amide bonds. The van der Waals surface area contributed by atoms with E-state index < -0.39 is 5.91 Å². The minimum absolute atomic E-state index is 0.0970. The highest BCUT2D eigenvalue weighted by Gasteiger charge is 2.29. The van der Waals surface area contributed by atoms with Gasteiger partial charge >= 0.3 is 0 Å². The highest BCUT2D eigenvalue weighted by atomic mass is 16.5. The molecule has 1 saturated carbocycles. The number of carbonyl (C=O) groups excluding carboxylic acids is 1. The van der Waals surface area contributed by atoms with Gasteiger partial charge in [0.2, 0.25) is 5.91 Å². The molecule has 1 aromatic heterocycles. The first-order chi connectivity index (χ1) is 11.5. The molecule has 2 heterocycles. The predicted octanol–water partition coefficient (Wildman–Crippen LogP) is -0.0470. The quantitative estimate of drug-likeness (QED) is 0.652. The lowest BCUT2D eigenvalue weighted by molar-refractivity contribution is -0.123. The number of nitrogens with two attached hydrogens (primary N) is 2. The SMILES string of the molecule is NC(=O)Cc1nc(C2CCC(N)CC2)n(C2CCOC2)n1.O=CO. The highest BCUT2D eigenvalue weighted by molar-refractivity contribution is 5.75. The molecule has 134 valence electrons. The molecule has 1 unspecified atom stereocenters. The van der Waals surface area contributed by atoms with Crippen molar-refractivity contribution < 1.29 is 19.4 Å². The zero-order valence-electron chi connectivity index (χ0n) is 13.6. The molecule has 2 aliphatic rings. The average Bonchev–Trinajstić information content (AvgIpc) is 3.17. The van der Waals surface area contributed by atoms with E-state index in [1.807, 2.05) is 4.68 Å². The van der Waals surface area contributed by atoms with Crippen LogP contribution < -0.4 is 11.5 Å². The highest BCUT2D eigenvalue weighted by Crippen LogP contribution is 2.33. The van der Waals surface area contributed by atoms with Crippen molar-refractivity contribution in [1.29, 1.82) is 0 Å². The third-order valence-electron chi connectivity index (χ3n) is 4.42. The molecule has 0 radical (unpaired) electrons. The largest absolute Gasteiger partial charge is 0.483 e. The molecule has 0 aromatic carbocycles. The maximum absolute atomic E-state index is 11.1. The molecule has 1 saturated heterocycles. The molecule has 0 bridgehead atoms. The zero-order valence-corrected chi connectivity index (χ0v) is 13.6. The number of carboxylic acid groups (broad SMARTS) is 1. The van der Waals surface area contributed by atoms with E-state index in [1.165, 1.54) is 0 Å². The number of hydrogen-bond acceptors (Lipinski definition) is 6. The number of nitrogens with zero attached hydrogens (tertiary/aromatic N) is 3. The molecule has 3 rings (SSSR count). The topological polar surface area (TPSA) is 146 Å². The van der Waals surface area contributed by atoms with Gasteiger partial charge in [0.1, 0.15) is 5.82 Å². The van der Waals surface area contributed by atoms with Crippen LogP contribution >= 0.6 is 0 Å². The second-order valence-corrected chi connectivity index (χ2v) is 6.21. The van der Waals surface area contributed by atoms with Crippen LogP contribution in [0.2, 0.25) is 0 Å². The Morgan fingerprint density at radius 1 is 1.33 bits per heavy atom. The minimum Gasteiger partial charge on any atom is -0.483 e. The van der Waals surface area contributed by atoms with Gasteiger partial charge in [-0.2, -0.15) is 5.10 Å². The molecule has 2 fully saturated rings. The van der Waals surface area contributed by atoms with E-state index in [-0.39, 0.29) is 18.9 Å². The maximum atomic E-state index is 11.1. The Hall–Kier alpha value is -2.00. The number of ether oxygens (including phenoxy) is 1. The number of amides is 1. The third-order valence-corrected chi connectivity index (χ3v) is 4.42. The summed E-state index contributed by atoms with van der Waals surface area (Å²) in [6.07, 6.45) is 5.14. The Labute approximate surface area is 140 Å². The van der Waals surface area contributed by atoms with Crippen LogP contribution in [0.4, 0.5) is 0 Å². The Morgan fingerprint density at radius 3 is 2.54 bits per heavy atom. The molecule has 5 N–H and O–H groups in total. The van der Waals surface area contributed by atoms with Crippen LogP contribution in [0, 0.1) is 0 Å². The number of hydrogen-bond donors (Lipinski definition) is 3. The van der Waals surface area contributed by atoms with Crippen molar-refractivity contribution in [3.63, 3.8) is 0 Å². The summed E-state index contributed by atoms with van der Waals surface area (Å²) in [7, 11) is 0. The Bertz CT molecular complexity index is 548. The van der Waals surface area contributed by atoms with Gasteiger partial charge in [0.05, 0.1) is 19.1 Å². The van der Waals surface area contributed by atoms with Gasteiger partial charge in [-0.15, -0.1) is 0 Å². The van der Waals surface area contributed by atoms with Crippen molar-refractivity contribution in [3.05, 3.63) is 11.6 Å². The van der Waals surface area contributed by atoms with Gasteiger partial charge in [0.25, 0.3) is 6.47 Å². The van der Waals surface area contributed by atoms with E-state index in [0.29, 0.717) is 24.4 Å². The number of primary amides is 1. The van der Waals surface area contributed by atoms with Crippen LogP contribution in [0.5, 0.6) is 0 Å². The normalized spacial score (nSPS) is 26.5. The fraction of sp³-hybridized carbons (Fsp3) is 0.733. The molecular formula is C15H25N5O4. The van der Waals surface area contributed by atoms with Crippen LogP contribution in [0.15, 0.2) is 0 Å². The van der Waals surface area contributed by atoms with E-state index in [4.69, 9.17) is 26.1 Å². The van der Waals surface area contributed by atoms with Gasteiger partial charge in [0, 0.05) is 18.6 Å². The van der Waals surface area contributed by atoms with Crippen molar-refractivity contribution in [2.45, 2.75) is 56.5 Å². The molecular weight excluding hydrogens is 314 g/mol. The number of rotatable bonds is 4. The van der Waals surface area contributed by atoms with E-state index in [1.54, 1.807) is 0 Å². The summed E-state index contributed by atoms with van der Waals surface area (Å²) >= 11 is 0. The van der Waals surface area contributed by atoms with E-state index in [2.05, 4.69) is 10.1 Å². The summed E-state index contributed by atoms with van der Waals surface area (Å²) in [6, 6.07) is 0.530. The van der Waals surface area contributed by atoms with Crippen LogP contribution in [-0.4, -0.2) is 51.5 Å². The van der Waals surface area contributed by atoms with Crippen molar-refractivity contribution >= 4 is 12.4 Å². The van der Waals surface area contributed by atoms with Crippen molar-refractivity contribution in [2.24, 2.45) is 11.5 Å². The fourth-order valence-electron chi connectivity index (χ4n) is 3.25. The Morgan fingerprint density at radius 2 is 2.00 bits per heavy atom. The molecule has 1 atom stereocenters. The lowest BCUT2D eigenvalue weighted by atomic mass is 9.86.